The van der Waals surface area contributed by atoms with Crippen molar-refractivity contribution in [2.24, 2.45) is 0 Å². The fourth-order valence-electron chi connectivity index (χ4n) is 6.89. The largest absolute Gasteiger partial charge is 0.355 e. The van der Waals surface area contributed by atoms with E-state index in [9.17, 15) is 9.59 Å². The highest BCUT2D eigenvalue weighted by Gasteiger charge is 2.40. The average molecular weight is 657 g/mol. The zero-order valence-corrected chi connectivity index (χ0v) is 27.8. The number of halogens is 3. The van der Waals surface area contributed by atoms with Crippen molar-refractivity contribution in [1.82, 2.24) is 15.1 Å². The zero-order chi connectivity index (χ0) is 30.2. The molecule has 2 saturated heterocycles. The van der Waals surface area contributed by atoms with E-state index in [1.807, 2.05) is 55.5 Å². The van der Waals surface area contributed by atoms with E-state index in [4.69, 9.17) is 23.2 Å². The van der Waals surface area contributed by atoms with Gasteiger partial charge in [0.05, 0.1) is 16.1 Å². The fraction of sp³-hybridized carbons (Fsp3) is 0.444. The van der Waals surface area contributed by atoms with Crippen LogP contribution in [0.5, 0.6) is 0 Å². The summed E-state index contributed by atoms with van der Waals surface area (Å²) in [5.41, 5.74) is 2.97. The molecule has 1 N–H and O–H groups in total. The zero-order valence-electron chi connectivity index (χ0n) is 25.5. The summed E-state index contributed by atoms with van der Waals surface area (Å²) in [4.78, 5) is 31.4. The van der Waals surface area contributed by atoms with Gasteiger partial charge in [-0.3, -0.25) is 19.4 Å². The first-order valence-corrected chi connectivity index (χ1v) is 16.5. The van der Waals surface area contributed by atoms with E-state index in [1.54, 1.807) is 0 Å². The van der Waals surface area contributed by atoms with Gasteiger partial charge in [-0.15, -0.1) is 12.4 Å². The molecule has 8 heteroatoms. The number of hydrogen-bond acceptors (Lipinski definition) is 4. The monoisotopic (exact) mass is 655 g/mol. The third-order valence-corrected chi connectivity index (χ3v) is 10.2. The molecule has 5 rings (SSSR count). The van der Waals surface area contributed by atoms with Gasteiger partial charge in [-0.05, 0) is 81.5 Å². The predicted molar refractivity (Wildman–Crippen MR) is 183 cm³/mol. The number of carbonyl (C=O) groups is 2. The van der Waals surface area contributed by atoms with Crippen LogP contribution in [0, 0.1) is 0 Å². The maximum absolute atomic E-state index is 14.1. The molecule has 2 atom stereocenters. The number of hydrogen-bond donors (Lipinski definition) is 1. The SMILES string of the molecule is CCC(=O)NCC1(c2ccccc2)CCN(C(CC(C(=O)c2ccccc2)N2CCCCC2)c2ccc(Cl)c(Cl)c2)CC1.Cl. The molecule has 5 nitrogen and oxygen atoms in total. The second-order valence-electron chi connectivity index (χ2n) is 12.1. The van der Waals surface area contributed by atoms with Gasteiger partial charge < -0.3 is 5.32 Å². The third kappa shape index (κ3) is 8.24. The molecular weight excluding hydrogens is 613 g/mol. The first-order chi connectivity index (χ1) is 20.9. The van der Waals surface area contributed by atoms with Gasteiger partial charge in [0.25, 0.3) is 0 Å². The maximum atomic E-state index is 14.1. The molecule has 0 saturated carbocycles. The number of nitrogens with zero attached hydrogens (tertiary/aromatic N) is 2. The Hall–Kier alpha value is -2.41. The molecule has 2 unspecified atom stereocenters. The minimum absolute atomic E-state index is 0. The molecule has 2 heterocycles. The van der Waals surface area contributed by atoms with Crippen LogP contribution in [0.2, 0.25) is 10.0 Å². The quantitative estimate of drug-likeness (QED) is 0.212. The Labute approximate surface area is 278 Å². The van der Waals surface area contributed by atoms with E-state index in [2.05, 4.69) is 45.4 Å². The fourth-order valence-corrected chi connectivity index (χ4v) is 7.20. The molecule has 2 aliphatic heterocycles. The normalized spacial score (nSPS) is 18.5. The van der Waals surface area contributed by atoms with Gasteiger partial charge in [-0.25, -0.2) is 0 Å². The van der Waals surface area contributed by atoms with E-state index >= 15 is 0 Å². The Bertz CT molecular complexity index is 1360. The van der Waals surface area contributed by atoms with E-state index in [0.29, 0.717) is 29.4 Å². The number of carbonyl (C=O) groups excluding carboxylic acids is 2. The Kier molecular flexibility index (Phi) is 12.7. The maximum Gasteiger partial charge on any atom is 0.219 e. The standard InChI is InChI=1S/C36H43Cl2N3O2.ClH/c1-2-34(42)39-26-36(29-14-8-4-9-15-29)18-22-41(23-19-36)32(28-16-17-30(37)31(38)24-28)25-33(40-20-10-5-11-21-40)35(43)27-12-6-3-7-13-27;/h3-4,6-9,12-17,24,32-33H,2,5,10-11,18-23,25-26H2,1H3,(H,39,42);1H. The number of amides is 1. The molecule has 1 amide bonds. The summed E-state index contributed by atoms with van der Waals surface area (Å²) in [5.74, 6) is 0.265. The highest BCUT2D eigenvalue weighted by molar-refractivity contribution is 6.42. The highest BCUT2D eigenvalue weighted by atomic mass is 35.5. The number of likely N-dealkylation sites (tertiary alicyclic amines) is 2. The molecule has 44 heavy (non-hydrogen) atoms. The van der Waals surface area contributed by atoms with Crippen LogP contribution < -0.4 is 5.32 Å². The van der Waals surface area contributed by atoms with E-state index in [0.717, 1.165) is 63.0 Å². The van der Waals surface area contributed by atoms with Gasteiger partial charge in [0.1, 0.15) is 0 Å². The average Bonchev–Trinajstić information content (AvgIpc) is 3.07. The van der Waals surface area contributed by atoms with Crippen LogP contribution in [0.3, 0.4) is 0 Å². The minimum Gasteiger partial charge on any atom is -0.355 e. The van der Waals surface area contributed by atoms with Crippen molar-refractivity contribution >= 4 is 47.3 Å². The topological polar surface area (TPSA) is 52.7 Å². The Morgan fingerprint density at radius 1 is 0.818 bits per heavy atom. The van der Waals surface area contributed by atoms with Gasteiger partial charge in [0.15, 0.2) is 5.78 Å². The third-order valence-electron chi connectivity index (χ3n) is 9.49. The van der Waals surface area contributed by atoms with Crippen LogP contribution in [0.4, 0.5) is 0 Å². The molecule has 0 radical (unpaired) electrons. The van der Waals surface area contributed by atoms with E-state index in [-0.39, 0.29) is 41.6 Å². The van der Waals surface area contributed by atoms with Gasteiger partial charge >= 0.3 is 0 Å². The van der Waals surface area contributed by atoms with Crippen molar-refractivity contribution in [1.29, 1.82) is 0 Å². The number of benzene rings is 3. The van der Waals surface area contributed by atoms with Gasteiger partial charge in [0, 0.05) is 30.0 Å². The van der Waals surface area contributed by atoms with Crippen LogP contribution in [0.15, 0.2) is 78.9 Å². The van der Waals surface area contributed by atoms with Gasteiger partial charge in [-0.2, -0.15) is 0 Å². The lowest BCUT2D eigenvalue weighted by molar-refractivity contribution is -0.121. The Morgan fingerprint density at radius 3 is 2.07 bits per heavy atom. The lowest BCUT2D eigenvalue weighted by atomic mass is 9.72. The van der Waals surface area contributed by atoms with Crippen molar-refractivity contribution in [2.45, 2.75) is 69.4 Å². The Morgan fingerprint density at radius 2 is 1.45 bits per heavy atom. The minimum atomic E-state index is -0.230. The molecule has 0 spiro atoms. The molecule has 0 aromatic heterocycles. The summed E-state index contributed by atoms with van der Waals surface area (Å²) in [5, 5.41) is 4.26. The molecule has 0 bridgehead atoms. The predicted octanol–water partition coefficient (Wildman–Crippen LogP) is 8.14. The molecule has 3 aromatic carbocycles. The van der Waals surface area contributed by atoms with Crippen molar-refractivity contribution in [2.75, 3.05) is 32.7 Å². The van der Waals surface area contributed by atoms with Crippen LogP contribution in [-0.4, -0.2) is 60.3 Å². The summed E-state index contributed by atoms with van der Waals surface area (Å²) >= 11 is 12.9. The number of Topliss-reactive ketones (excluding diaryl/α,β-unsaturated/α-hetero) is 1. The van der Waals surface area contributed by atoms with E-state index < -0.39 is 0 Å². The molecule has 2 aliphatic rings. The van der Waals surface area contributed by atoms with Crippen molar-refractivity contribution in [3.63, 3.8) is 0 Å². The summed E-state index contributed by atoms with van der Waals surface area (Å²) < 4.78 is 0. The molecule has 2 fully saturated rings. The Balaban J connectivity index is 0.00000442. The van der Waals surface area contributed by atoms with Gasteiger partial charge in [0.2, 0.25) is 5.91 Å². The first kappa shape index (κ1) is 34.5. The number of ketones is 1. The van der Waals surface area contributed by atoms with Crippen molar-refractivity contribution in [3.8, 4) is 0 Å². The van der Waals surface area contributed by atoms with Gasteiger partial charge in [-0.1, -0.05) is 103 Å². The van der Waals surface area contributed by atoms with Crippen LogP contribution in [0.1, 0.15) is 79.4 Å². The molecule has 236 valence electrons. The summed E-state index contributed by atoms with van der Waals surface area (Å²) in [6, 6.07) is 26.0. The summed E-state index contributed by atoms with van der Waals surface area (Å²) in [6.45, 7) is 6.07. The van der Waals surface area contributed by atoms with Crippen LogP contribution >= 0.6 is 35.6 Å². The second kappa shape index (κ2) is 16.2. The lowest BCUT2D eigenvalue weighted by Crippen LogP contribution is -2.51. The number of nitrogens with one attached hydrogen (secondary N) is 1. The molecule has 0 aliphatic carbocycles. The first-order valence-electron chi connectivity index (χ1n) is 15.7. The number of piperidine rings is 2. The lowest BCUT2D eigenvalue weighted by Gasteiger charge is -2.46. The smallest absolute Gasteiger partial charge is 0.219 e. The highest BCUT2D eigenvalue weighted by Crippen LogP contribution is 2.40. The summed E-state index contributed by atoms with van der Waals surface area (Å²) in [6.07, 6.45) is 6.40. The van der Waals surface area contributed by atoms with Crippen LogP contribution in [0.25, 0.3) is 0 Å². The van der Waals surface area contributed by atoms with Crippen molar-refractivity contribution < 1.29 is 9.59 Å². The molecular formula is C36H44Cl3N3O2. The van der Waals surface area contributed by atoms with E-state index in [1.165, 1.54) is 12.0 Å². The second-order valence-corrected chi connectivity index (χ2v) is 12.9. The van der Waals surface area contributed by atoms with Crippen LogP contribution in [-0.2, 0) is 10.2 Å². The summed E-state index contributed by atoms with van der Waals surface area (Å²) in [7, 11) is 0. The van der Waals surface area contributed by atoms with Crippen molar-refractivity contribution in [3.05, 3.63) is 106 Å². The number of rotatable bonds is 11. The molecule has 3 aromatic rings.